The van der Waals surface area contributed by atoms with Gasteiger partial charge >= 0.3 is 0 Å². The fourth-order valence-electron chi connectivity index (χ4n) is 3.17. The zero-order chi connectivity index (χ0) is 16.0. The molecule has 4 heterocycles. The first kappa shape index (κ1) is 14.5. The van der Waals surface area contributed by atoms with Gasteiger partial charge in [-0.05, 0) is 30.4 Å². The number of nitrogens with zero attached hydrogens (tertiary/aromatic N) is 2. The summed E-state index contributed by atoms with van der Waals surface area (Å²) in [6.07, 6.45) is 1.93. The van der Waals surface area contributed by atoms with Crippen molar-refractivity contribution < 1.29 is 9.32 Å². The number of aromatic nitrogens is 2. The highest BCUT2D eigenvalue weighted by Crippen LogP contribution is 2.34. The maximum Gasteiger partial charge on any atom is 0.270 e. The number of hydrogen-bond acceptors (Lipinski definition) is 4. The fraction of sp³-hybridized carbons (Fsp3) is 0.412. The Morgan fingerprint density at radius 2 is 2.35 bits per heavy atom. The van der Waals surface area contributed by atoms with Gasteiger partial charge in [0.15, 0.2) is 0 Å². The molecule has 6 heteroatoms. The van der Waals surface area contributed by atoms with Crippen molar-refractivity contribution in [1.29, 1.82) is 0 Å². The van der Waals surface area contributed by atoms with Crippen molar-refractivity contribution in [3.05, 3.63) is 40.7 Å². The third-order valence-electron chi connectivity index (χ3n) is 4.44. The normalized spacial score (nSPS) is 18.4. The van der Waals surface area contributed by atoms with E-state index in [0.717, 1.165) is 41.1 Å². The molecule has 0 aromatic carbocycles. The summed E-state index contributed by atoms with van der Waals surface area (Å²) in [5.41, 5.74) is 2.55. The monoisotopic (exact) mass is 329 g/mol. The molecule has 0 bridgehead atoms. The molecule has 1 saturated heterocycles. The second kappa shape index (κ2) is 5.53. The van der Waals surface area contributed by atoms with E-state index < -0.39 is 0 Å². The third kappa shape index (κ3) is 2.47. The summed E-state index contributed by atoms with van der Waals surface area (Å²) in [7, 11) is 0. The van der Waals surface area contributed by atoms with Crippen molar-refractivity contribution >= 4 is 27.5 Å². The number of rotatable bonds is 3. The summed E-state index contributed by atoms with van der Waals surface area (Å²) in [4.78, 5) is 18.0. The highest BCUT2D eigenvalue weighted by atomic mass is 32.1. The molecule has 5 nitrogen and oxygen atoms in total. The molecule has 3 aromatic rings. The molecule has 0 saturated carbocycles. The molecule has 0 aliphatic carbocycles. The van der Waals surface area contributed by atoms with Crippen molar-refractivity contribution in [2.24, 2.45) is 0 Å². The maximum atomic E-state index is 12.9. The van der Waals surface area contributed by atoms with Crippen molar-refractivity contribution in [3.63, 3.8) is 0 Å². The Bertz CT molecular complexity index is 816. The third-order valence-corrected chi connectivity index (χ3v) is 5.30. The lowest BCUT2D eigenvalue weighted by Gasteiger charge is -2.22. The van der Waals surface area contributed by atoms with Gasteiger partial charge in [-0.25, -0.2) is 0 Å². The minimum Gasteiger partial charge on any atom is -0.361 e. The van der Waals surface area contributed by atoms with Crippen molar-refractivity contribution in [2.45, 2.75) is 38.6 Å². The zero-order valence-corrected chi connectivity index (χ0v) is 14.0. The van der Waals surface area contributed by atoms with E-state index in [1.807, 2.05) is 28.5 Å². The number of amides is 1. The Balaban J connectivity index is 1.61. The van der Waals surface area contributed by atoms with Crippen LogP contribution in [0, 0.1) is 0 Å². The molecule has 23 heavy (non-hydrogen) atoms. The van der Waals surface area contributed by atoms with E-state index in [2.05, 4.69) is 24.0 Å². The highest BCUT2D eigenvalue weighted by molar-refractivity contribution is 7.17. The first-order valence-electron chi connectivity index (χ1n) is 7.97. The standard InChI is InChI=1S/C17H19N3O2S/c1-10(2)15-8-12(19-22-15)14-4-3-6-20(14)17(21)13-9-16-11(18-13)5-7-23-16/h5,7-10,14,18H,3-4,6H2,1-2H3/t14-/m1/s1. The lowest BCUT2D eigenvalue weighted by molar-refractivity contribution is 0.0726. The largest absolute Gasteiger partial charge is 0.361 e. The van der Waals surface area contributed by atoms with Crippen LogP contribution in [0.3, 0.4) is 0 Å². The van der Waals surface area contributed by atoms with E-state index in [1.165, 1.54) is 0 Å². The van der Waals surface area contributed by atoms with Gasteiger partial charge in [0.2, 0.25) is 0 Å². The molecule has 1 atom stereocenters. The van der Waals surface area contributed by atoms with E-state index in [1.54, 1.807) is 11.3 Å². The minimum absolute atomic E-state index is 0.0140. The van der Waals surface area contributed by atoms with Crippen molar-refractivity contribution in [2.75, 3.05) is 6.54 Å². The number of aromatic amines is 1. The molecular weight excluding hydrogens is 310 g/mol. The summed E-state index contributed by atoms with van der Waals surface area (Å²) in [6.45, 7) is 4.92. The Morgan fingerprint density at radius 3 is 3.09 bits per heavy atom. The number of H-pyrrole nitrogens is 1. The molecule has 1 fully saturated rings. The van der Waals surface area contributed by atoms with Gasteiger partial charge in [0, 0.05) is 18.5 Å². The predicted octanol–water partition coefficient (Wildman–Crippen LogP) is 4.32. The van der Waals surface area contributed by atoms with E-state index >= 15 is 0 Å². The molecule has 120 valence electrons. The number of carbonyl (C=O) groups excluding carboxylic acids is 1. The van der Waals surface area contributed by atoms with Gasteiger partial charge in [-0.3, -0.25) is 4.79 Å². The molecule has 1 N–H and O–H groups in total. The summed E-state index contributed by atoms with van der Waals surface area (Å²) < 4.78 is 6.53. The van der Waals surface area contributed by atoms with Crippen LogP contribution in [0.15, 0.2) is 28.1 Å². The Labute approximate surface area is 138 Å². The number of thiophene rings is 1. The zero-order valence-electron chi connectivity index (χ0n) is 13.2. The minimum atomic E-state index is 0.0140. The van der Waals surface area contributed by atoms with Gasteiger partial charge in [0.05, 0.1) is 16.3 Å². The van der Waals surface area contributed by atoms with Gasteiger partial charge in [0.25, 0.3) is 5.91 Å². The van der Waals surface area contributed by atoms with Gasteiger partial charge in [-0.2, -0.15) is 0 Å². The number of likely N-dealkylation sites (tertiary alicyclic amines) is 1. The second-order valence-corrected chi connectivity index (χ2v) is 7.29. The predicted molar refractivity (Wildman–Crippen MR) is 89.8 cm³/mol. The lowest BCUT2D eigenvalue weighted by atomic mass is 10.1. The highest BCUT2D eigenvalue weighted by Gasteiger charge is 2.33. The number of nitrogens with one attached hydrogen (secondary N) is 1. The first-order valence-corrected chi connectivity index (χ1v) is 8.85. The maximum absolute atomic E-state index is 12.9. The van der Waals surface area contributed by atoms with E-state index in [4.69, 9.17) is 4.52 Å². The molecular formula is C17H19N3O2S. The van der Waals surface area contributed by atoms with E-state index in [-0.39, 0.29) is 11.9 Å². The summed E-state index contributed by atoms with van der Waals surface area (Å²) in [5.74, 6) is 1.22. The number of fused-ring (bicyclic) bond motifs is 1. The quantitative estimate of drug-likeness (QED) is 0.778. The van der Waals surface area contributed by atoms with Gasteiger partial charge in [0.1, 0.15) is 17.1 Å². The first-order chi connectivity index (χ1) is 11.1. The number of carbonyl (C=O) groups is 1. The van der Waals surface area contributed by atoms with Crippen molar-refractivity contribution in [1.82, 2.24) is 15.0 Å². The van der Waals surface area contributed by atoms with E-state index in [9.17, 15) is 4.79 Å². The summed E-state index contributed by atoms with van der Waals surface area (Å²) in [5, 5.41) is 6.23. The van der Waals surface area contributed by atoms with Crippen LogP contribution in [0.25, 0.3) is 10.2 Å². The molecule has 1 aliphatic heterocycles. The van der Waals surface area contributed by atoms with Crippen LogP contribution in [0.4, 0.5) is 0 Å². The van der Waals surface area contributed by atoms with Crippen LogP contribution in [0.5, 0.6) is 0 Å². The molecule has 4 rings (SSSR count). The van der Waals surface area contributed by atoms with Crippen molar-refractivity contribution in [3.8, 4) is 0 Å². The summed E-state index contributed by atoms with van der Waals surface area (Å²) >= 11 is 1.64. The SMILES string of the molecule is CC(C)c1cc([C@H]2CCCN2C(=O)c2cc3sccc3[nH]2)no1. The smallest absolute Gasteiger partial charge is 0.270 e. The second-order valence-electron chi connectivity index (χ2n) is 6.35. The molecule has 0 unspecified atom stereocenters. The molecule has 1 aliphatic rings. The van der Waals surface area contributed by atoms with Gasteiger partial charge in [-0.1, -0.05) is 19.0 Å². The van der Waals surface area contributed by atoms with Crippen LogP contribution < -0.4 is 0 Å². The fourth-order valence-corrected chi connectivity index (χ4v) is 3.95. The molecule has 0 radical (unpaired) electrons. The van der Waals surface area contributed by atoms with E-state index in [0.29, 0.717) is 11.6 Å². The molecule has 3 aromatic heterocycles. The Hall–Kier alpha value is -2.08. The lowest BCUT2D eigenvalue weighted by Crippen LogP contribution is -2.30. The average molecular weight is 329 g/mol. The summed E-state index contributed by atoms with van der Waals surface area (Å²) in [6, 6.07) is 5.96. The molecule has 0 spiro atoms. The van der Waals surface area contributed by atoms with Crippen LogP contribution in [-0.4, -0.2) is 27.5 Å². The van der Waals surface area contributed by atoms with Crippen LogP contribution in [0.2, 0.25) is 0 Å². The molecule has 1 amide bonds. The Kier molecular flexibility index (Phi) is 3.49. The average Bonchev–Trinajstić information content (AvgIpc) is 3.26. The Morgan fingerprint density at radius 1 is 1.48 bits per heavy atom. The van der Waals surface area contributed by atoms with Gasteiger partial charge < -0.3 is 14.4 Å². The van der Waals surface area contributed by atoms with Crippen LogP contribution >= 0.6 is 11.3 Å². The van der Waals surface area contributed by atoms with Crippen LogP contribution in [-0.2, 0) is 0 Å². The van der Waals surface area contributed by atoms with Gasteiger partial charge in [-0.15, -0.1) is 11.3 Å². The topological polar surface area (TPSA) is 62.1 Å². The van der Waals surface area contributed by atoms with Crippen LogP contribution in [0.1, 0.15) is 60.6 Å². The number of hydrogen-bond donors (Lipinski definition) is 1.